The van der Waals surface area contributed by atoms with Crippen LogP contribution < -0.4 is 0 Å². The number of ether oxygens (including phenoxy) is 2. The summed E-state index contributed by atoms with van der Waals surface area (Å²) in [7, 11) is 0. The fraction of sp³-hybridized carbons (Fsp3) is 0.500. The second kappa shape index (κ2) is 6.06. The number of aromatic nitrogens is 2. The maximum atomic E-state index is 11.7. The molecule has 0 N–H and O–H groups in total. The molecule has 0 bridgehead atoms. The standard InChI is InChI=1S/C10H12Cl2N2O4/c1-5(2)18-10(16)9-13-7(11)8(12)14(9)4-17-6(3)15/h5H,4H2,1-3H3. The Bertz CT molecular complexity index is 471. The van der Waals surface area contributed by atoms with Crippen molar-refractivity contribution in [2.24, 2.45) is 0 Å². The third-order valence-electron chi connectivity index (χ3n) is 1.79. The molecule has 0 unspecified atom stereocenters. The van der Waals surface area contributed by atoms with E-state index in [9.17, 15) is 9.59 Å². The van der Waals surface area contributed by atoms with Crippen LogP contribution in [0.3, 0.4) is 0 Å². The van der Waals surface area contributed by atoms with Gasteiger partial charge in [0.25, 0.3) is 0 Å². The van der Waals surface area contributed by atoms with Crippen molar-refractivity contribution in [1.29, 1.82) is 0 Å². The molecule has 1 aromatic rings. The van der Waals surface area contributed by atoms with E-state index in [1.165, 1.54) is 6.92 Å². The molecule has 0 atom stereocenters. The van der Waals surface area contributed by atoms with Gasteiger partial charge in [0.05, 0.1) is 6.10 Å². The molecule has 0 amide bonds. The zero-order chi connectivity index (χ0) is 13.9. The molecule has 8 heteroatoms. The van der Waals surface area contributed by atoms with Gasteiger partial charge in [0, 0.05) is 6.92 Å². The molecular formula is C10H12Cl2N2O4. The third-order valence-corrected chi connectivity index (χ3v) is 2.53. The summed E-state index contributed by atoms with van der Waals surface area (Å²) in [5.74, 6) is -1.31. The van der Waals surface area contributed by atoms with E-state index < -0.39 is 11.9 Å². The minimum absolute atomic E-state index is 0.00798. The smallest absolute Gasteiger partial charge is 0.375 e. The zero-order valence-electron chi connectivity index (χ0n) is 10.1. The van der Waals surface area contributed by atoms with E-state index in [2.05, 4.69) is 4.98 Å². The largest absolute Gasteiger partial charge is 0.457 e. The van der Waals surface area contributed by atoms with Gasteiger partial charge in [0.2, 0.25) is 5.82 Å². The molecule has 1 heterocycles. The third kappa shape index (κ3) is 3.61. The molecular weight excluding hydrogens is 283 g/mol. The predicted molar refractivity (Wildman–Crippen MR) is 64.6 cm³/mol. The van der Waals surface area contributed by atoms with Crippen molar-refractivity contribution in [3.8, 4) is 0 Å². The van der Waals surface area contributed by atoms with Crippen LogP contribution in [-0.2, 0) is 21.0 Å². The van der Waals surface area contributed by atoms with Crippen LogP contribution in [0, 0.1) is 0 Å². The molecule has 100 valence electrons. The van der Waals surface area contributed by atoms with Crippen molar-refractivity contribution in [1.82, 2.24) is 9.55 Å². The Labute approximate surface area is 114 Å². The van der Waals surface area contributed by atoms with Crippen molar-refractivity contribution in [2.75, 3.05) is 0 Å². The fourth-order valence-electron chi connectivity index (χ4n) is 1.10. The molecule has 6 nitrogen and oxygen atoms in total. The summed E-state index contributed by atoms with van der Waals surface area (Å²) in [5.41, 5.74) is 0. The summed E-state index contributed by atoms with van der Waals surface area (Å²) in [6, 6.07) is 0. The molecule has 0 aliphatic heterocycles. The highest BCUT2D eigenvalue weighted by Crippen LogP contribution is 2.23. The van der Waals surface area contributed by atoms with Gasteiger partial charge in [-0.05, 0) is 13.8 Å². The van der Waals surface area contributed by atoms with E-state index in [0.717, 1.165) is 4.57 Å². The molecule has 0 aliphatic rings. The van der Waals surface area contributed by atoms with E-state index in [4.69, 9.17) is 32.7 Å². The van der Waals surface area contributed by atoms with Gasteiger partial charge in [0.15, 0.2) is 17.0 Å². The number of halogens is 2. The second-order valence-corrected chi connectivity index (χ2v) is 4.38. The monoisotopic (exact) mass is 294 g/mol. The Kier molecular flexibility index (Phi) is 4.98. The van der Waals surface area contributed by atoms with Gasteiger partial charge in [-0.25, -0.2) is 9.78 Å². The first kappa shape index (κ1) is 14.8. The lowest BCUT2D eigenvalue weighted by molar-refractivity contribution is -0.144. The van der Waals surface area contributed by atoms with Gasteiger partial charge in [-0.1, -0.05) is 23.2 Å². The molecule has 0 aliphatic carbocycles. The van der Waals surface area contributed by atoms with Crippen LogP contribution in [0.1, 0.15) is 31.4 Å². The van der Waals surface area contributed by atoms with Crippen LogP contribution in [0.4, 0.5) is 0 Å². The Balaban J connectivity index is 2.99. The minimum atomic E-state index is -0.689. The van der Waals surface area contributed by atoms with Gasteiger partial charge >= 0.3 is 11.9 Å². The Morgan fingerprint density at radius 3 is 2.50 bits per heavy atom. The summed E-state index contributed by atoms with van der Waals surface area (Å²) in [5, 5.41) is -0.0480. The van der Waals surface area contributed by atoms with Gasteiger partial charge in [-0.15, -0.1) is 0 Å². The summed E-state index contributed by atoms with van der Waals surface area (Å²) >= 11 is 11.6. The predicted octanol–water partition coefficient (Wildman–Crippen LogP) is 2.28. The number of rotatable bonds is 4. The van der Waals surface area contributed by atoms with E-state index in [1.54, 1.807) is 13.8 Å². The number of nitrogens with zero attached hydrogens (tertiary/aromatic N) is 2. The highest BCUT2D eigenvalue weighted by Gasteiger charge is 2.22. The molecule has 0 saturated carbocycles. The highest BCUT2D eigenvalue weighted by molar-refractivity contribution is 6.40. The topological polar surface area (TPSA) is 70.4 Å². The number of hydrogen-bond acceptors (Lipinski definition) is 5. The first-order chi connectivity index (χ1) is 8.32. The average Bonchev–Trinajstić information content (AvgIpc) is 2.52. The van der Waals surface area contributed by atoms with Crippen LogP contribution in [0.2, 0.25) is 10.3 Å². The lowest BCUT2D eigenvalue weighted by Crippen LogP contribution is -2.18. The summed E-state index contributed by atoms with van der Waals surface area (Å²) in [4.78, 5) is 26.2. The van der Waals surface area contributed by atoms with Gasteiger partial charge in [-0.2, -0.15) is 0 Å². The SMILES string of the molecule is CC(=O)OCn1c(C(=O)OC(C)C)nc(Cl)c1Cl. The van der Waals surface area contributed by atoms with Crippen LogP contribution >= 0.6 is 23.2 Å². The molecule has 1 aromatic heterocycles. The van der Waals surface area contributed by atoms with Gasteiger partial charge < -0.3 is 9.47 Å². The lowest BCUT2D eigenvalue weighted by Gasteiger charge is -2.10. The first-order valence-electron chi connectivity index (χ1n) is 5.08. The maximum absolute atomic E-state index is 11.7. The summed E-state index contributed by atoms with van der Waals surface area (Å²) in [6.07, 6.45) is -0.311. The summed E-state index contributed by atoms with van der Waals surface area (Å²) in [6.45, 7) is 4.37. The normalized spacial score (nSPS) is 10.6. The molecule has 1 rings (SSSR count). The highest BCUT2D eigenvalue weighted by atomic mass is 35.5. The molecule has 0 aromatic carbocycles. The van der Waals surface area contributed by atoms with Crippen molar-refractivity contribution >= 4 is 35.1 Å². The summed E-state index contributed by atoms with van der Waals surface area (Å²) < 4.78 is 10.9. The van der Waals surface area contributed by atoms with Crippen molar-refractivity contribution in [2.45, 2.75) is 33.6 Å². The van der Waals surface area contributed by atoms with Crippen LogP contribution in [0.5, 0.6) is 0 Å². The van der Waals surface area contributed by atoms with Crippen molar-refractivity contribution in [3.63, 3.8) is 0 Å². The van der Waals surface area contributed by atoms with Crippen molar-refractivity contribution in [3.05, 3.63) is 16.1 Å². The van der Waals surface area contributed by atoms with Crippen molar-refractivity contribution < 1.29 is 19.1 Å². The number of carbonyl (C=O) groups is 2. The molecule has 0 radical (unpaired) electrons. The second-order valence-electron chi connectivity index (χ2n) is 3.66. The molecule has 0 fully saturated rings. The van der Waals surface area contributed by atoms with E-state index in [0.29, 0.717) is 0 Å². The van der Waals surface area contributed by atoms with Crippen LogP contribution in [-0.4, -0.2) is 27.6 Å². The fourth-order valence-corrected chi connectivity index (χ4v) is 1.45. The average molecular weight is 295 g/mol. The number of carbonyl (C=O) groups excluding carboxylic acids is 2. The zero-order valence-corrected chi connectivity index (χ0v) is 11.6. The number of hydrogen-bond donors (Lipinski definition) is 0. The first-order valence-corrected chi connectivity index (χ1v) is 5.84. The number of imidazole rings is 1. The molecule has 18 heavy (non-hydrogen) atoms. The molecule has 0 spiro atoms. The van der Waals surface area contributed by atoms with Crippen LogP contribution in [0.15, 0.2) is 0 Å². The number of esters is 2. The lowest BCUT2D eigenvalue weighted by atomic mass is 10.5. The van der Waals surface area contributed by atoms with Crippen LogP contribution in [0.25, 0.3) is 0 Å². The Hall–Kier alpha value is -1.27. The minimum Gasteiger partial charge on any atom is -0.457 e. The van der Waals surface area contributed by atoms with E-state index >= 15 is 0 Å². The quantitative estimate of drug-likeness (QED) is 0.797. The van der Waals surface area contributed by atoms with Gasteiger partial charge in [0.1, 0.15) is 0 Å². The van der Waals surface area contributed by atoms with Gasteiger partial charge in [-0.3, -0.25) is 9.36 Å². The van der Waals surface area contributed by atoms with E-state index in [1.807, 2.05) is 0 Å². The maximum Gasteiger partial charge on any atom is 0.375 e. The molecule has 0 saturated heterocycles. The van der Waals surface area contributed by atoms with E-state index in [-0.39, 0.29) is 29.0 Å². The Morgan fingerprint density at radius 1 is 1.39 bits per heavy atom. The Morgan fingerprint density at radius 2 is 2.00 bits per heavy atom.